The fraction of sp³-hybridized carbons (Fsp3) is 0.259. The number of pyridine rings is 1. The predicted octanol–water partition coefficient (Wildman–Crippen LogP) is 3.82. The number of nitrogens with zero attached hydrogens (tertiary/aromatic N) is 4. The van der Waals surface area contributed by atoms with Crippen LogP contribution in [0.25, 0.3) is 11.0 Å². The smallest absolute Gasteiger partial charge is 0.317 e. The van der Waals surface area contributed by atoms with Crippen molar-refractivity contribution in [3.8, 4) is 11.5 Å². The number of carbonyl (C=O) groups is 2. The highest BCUT2D eigenvalue weighted by Gasteiger charge is 2.19. The minimum Gasteiger partial charge on any atom is -0.457 e. The van der Waals surface area contributed by atoms with Gasteiger partial charge in [0.2, 0.25) is 5.95 Å². The standard InChI is InChI=1S/C27H29N7O3/c1-3-18-4-6-19(7-5-18)31-26-32-22-16-20(8-9-24(22)33(26)2)37-21-10-11-28-23(17-21)25(35)29-12-14-34-15-13-30-27(34)36/h4-11,16-17H,3,12-15H2,1-2H3,(H,29,35)(H,30,36)(H,31,32). The Bertz CT molecular complexity index is 1430. The van der Waals surface area contributed by atoms with Crippen molar-refractivity contribution in [2.45, 2.75) is 13.3 Å². The first-order valence-corrected chi connectivity index (χ1v) is 12.3. The first kappa shape index (κ1) is 24.1. The molecule has 5 rings (SSSR count). The largest absolute Gasteiger partial charge is 0.457 e. The first-order valence-electron chi connectivity index (χ1n) is 12.3. The Morgan fingerprint density at radius 1 is 1.11 bits per heavy atom. The molecule has 37 heavy (non-hydrogen) atoms. The van der Waals surface area contributed by atoms with Crippen molar-refractivity contribution in [3.05, 3.63) is 72.1 Å². The summed E-state index contributed by atoms with van der Waals surface area (Å²) < 4.78 is 8.01. The summed E-state index contributed by atoms with van der Waals surface area (Å²) in [7, 11) is 1.96. The van der Waals surface area contributed by atoms with Gasteiger partial charge >= 0.3 is 6.03 Å². The van der Waals surface area contributed by atoms with Crippen LogP contribution in [-0.2, 0) is 13.5 Å². The number of amides is 3. The van der Waals surface area contributed by atoms with E-state index in [0.717, 1.165) is 29.1 Å². The van der Waals surface area contributed by atoms with Gasteiger partial charge in [-0.15, -0.1) is 0 Å². The van der Waals surface area contributed by atoms with Crippen LogP contribution in [0.4, 0.5) is 16.4 Å². The van der Waals surface area contributed by atoms with E-state index in [1.807, 2.05) is 41.9 Å². The Morgan fingerprint density at radius 2 is 1.92 bits per heavy atom. The normalized spacial score (nSPS) is 13.0. The van der Waals surface area contributed by atoms with E-state index in [1.54, 1.807) is 17.0 Å². The van der Waals surface area contributed by atoms with E-state index in [-0.39, 0.29) is 17.6 Å². The van der Waals surface area contributed by atoms with Crippen molar-refractivity contribution in [3.63, 3.8) is 0 Å². The van der Waals surface area contributed by atoms with Gasteiger partial charge in [-0.3, -0.25) is 9.78 Å². The van der Waals surface area contributed by atoms with Crippen molar-refractivity contribution < 1.29 is 14.3 Å². The number of nitrogens with one attached hydrogen (secondary N) is 3. The van der Waals surface area contributed by atoms with E-state index < -0.39 is 0 Å². The lowest BCUT2D eigenvalue weighted by atomic mass is 10.1. The molecule has 2 aromatic carbocycles. The Balaban J connectivity index is 1.24. The van der Waals surface area contributed by atoms with Gasteiger partial charge < -0.3 is 30.2 Å². The molecule has 0 bridgehead atoms. The summed E-state index contributed by atoms with van der Waals surface area (Å²) in [5.41, 5.74) is 4.23. The summed E-state index contributed by atoms with van der Waals surface area (Å²) in [5.74, 6) is 1.49. The number of aromatic nitrogens is 3. The number of imidazole rings is 1. The predicted molar refractivity (Wildman–Crippen MR) is 141 cm³/mol. The third kappa shape index (κ3) is 5.48. The van der Waals surface area contributed by atoms with Crippen LogP contribution in [0.15, 0.2) is 60.8 Å². The van der Waals surface area contributed by atoms with Crippen LogP contribution < -0.4 is 20.7 Å². The molecule has 3 heterocycles. The van der Waals surface area contributed by atoms with E-state index in [9.17, 15) is 9.59 Å². The van der Waals surface area contributed by atoms with E-state index in [0.29, 0.717) is 37.7 Å². The van der Waals surface area contributed by atoms with Gasteiger partial charge in [-0.1, -0.05) is 19.1 Å². The van der Waals surface area contributed by atoms with Crippen molar-refractivity contribution in [2.75, 3.05) is 31.5 Å². The van der Waals surface area contributed by atoms with Gasteiger partial charge in [-0.2, -0.15) is 0 Å². The average Bonchev–Trinajstić information content (AvgIpc) is 3.46. The van der Waals surface area contributed by atoms with Crippen molar-refractivity contribution in [1.29, 1.82) is 0 Å². The topological polar surface area (TPSA) is 113 Å². The second-order valence-corrected chi connectivity index (χ2v) is 8.77. The third-order valence-electron chi connectivity index (χ3n) is 6.28. The van der Waals surface area contributed by atoms with E-state index in [4.69, 9.17) is 9.72 Å². The summed E-state index contributed by atoms with van der Waals surface area (Å²) in [4.78, 5) is 34.7. The molecule has 1 fully saturated rings. The number of benzene rings is 2. The van der Waals surface area contributed by atoms with Gasteiger partial charge in [0.05, 0.1) is 11.0 Å². The number of ether oxygens (including phenoxy) is 1. The lowest BCUT2D eigenvalue weighted by molar-refractivity contribution is 0.0945. The first-order chi connectivity index (χ1) is 18.0. The maximum absolute atomic E-state index is 12.5. The zero-order chi connectivity index (χ0) is 25.8. The van der Waals surface area contributed by atoms with E-state index in [2.05, 4.69) is 40.0 Å². The minimum atomic E-state index is -0.326. The molecule has 1 aliphatic rings. The molecule has 2 aromatic heterocycles. The third-order valence-corrected chi connectivity index (χ3v) is 6.28. The lowest BCUT2D eigenvalue weighted by Gasteiger charge is -2.14. The summed E-state index contributed by atoms with van der Waals surface area (Å²) in [6.45, 7) is 4.18. The molecule has 1 aliphatic heterocycles. The van der Waals surface area contributed by atoms with Crippen molar-refractivity contribution in [1.82, 2.24) is 30.1 Å². The molecule has 3 N–H and O–H groups in total. The molecule has 0 spiro atoms. The van der Waals surface area contributed by atoms with Crippen molar-refractivity contribution in [2.24, 2.45) is 7.05 Å². The maximum atomic E-state index is 12.5. The highest BCUT2D eigenvalue weighted by Crippen LogP contribution is 2.28. The molecule has 3 amide bonds. The highest BCUT2D eigenvalue weighted by atomic mass is 16.5. The summed E-state index contributed by atoms with van der Waals surface area (Å²) in [5, 5.41) is 8.91. The Kier molecular flexibility index (Phi) is 6.89. The number of carbonyl (C=O) groups excluding carboxylic acids is 2. The SMILES string of the molecule is CCc1ccc(Nc2nc3cc(Oc4ccnc(C(=O)NCCN5CCNC5=O)c4)ccc3n2C)cc1. The second kappa shape index (κ2) is 10.6. The number of anilines is 2. The van der Waals surface area contributed by atoms with Gasteiger partial charge in [0.15, 0.2) is 0 Å². The fourth-order valence-corrected chi connectivity index (χ4v) is 4.16. The van der Waals surface area contributed by atoms with Gasteiger partial charge in [0, 0.05) is 57.2 Å². The molecule has 10 nitrogen and oxygen atoms in total. The number of urea groups is 1. The minimum absolute atomic E-state index is 0.110. The molecule has 0 unspecified atom stereocenters. The second-order valence-electron chi connectivity index (χ2n) is 8.77. The van der Waals surface area contributed by atoms with Gasteiger partial charge in [-0.05, 0) is 42.3 Å². The highest BCUT2D eigenvalue weighted by molar-refractivity contribution is 5.92. The Morgan fingerprint density at radius 3 is 2.68 bits per heavy atom. The molecule has 0 radical (unpaired) electrons. The maximum Gasteiger partial charge on any atom is 0.317 e. The van der Waals surface area contributed by atoms with Crippen LogP contribution in [-0.4, -0.2) is 57.6 Å². The molecular formula is C27H29N7O3. The zero-order valence-electron chi connectivity index (χ0n) is 20.8. The number of hydrogen-bond acceptors (Lipinski definition) is 6. The molecule has 10 heteroatoms. The number of rotatable bonds is 9. The van der Waals surface area contributed by atoms with Crippen molar-refractivity contribution >= 4 is 34.6 Å². The average molecular weight is 500 g/mol. The van der Waals surface area contributed by atoms with Crippen LogP contribution in [0, 0.1) is 0 Å². The van der Waals surface area contributed by atoms with Crippen LogP contribution in [0.5, 0.6) is 11.5 Å². The number of hydrogen-bond donors (Lipinski definition) is 3. The Hall–Kier alpha value is -4.60. The van der Waals surface area contributed by atoms with Crippen LogP contribution in [0.3, 0.4) is 0 Å². The quantitative estimate of drug-likeness (QED) is 0.323. The number of fused-ring (bicyclic) bond motifs is 1. The summed E-state index contributed by atoms with van der Waals surface area (Å²) in [6, 6.07) is 17.2. The lowest BCUT2D eigenvalue weighted by Crippen LogP contribution is -2.37. The molecule has 4 aromatic rings. The molecule has 1 saturated heterocycles. The fourth-order valence-electron chi connectivity index (χ4n) is 4.16. The Labute approximate surface area is 214 Å². The monoisotopic (exact) mass is 499 g/mol. The summed E-state index contributed by atoms with van der Waals surface area (Å²) in [6.07, 6.45) is 2.53. The number of aryl methyl sites for hydroxylation is 2. The van der Waals surface area contributed by atoms with Gasteiger partial charge in [0.25, 0.3) is 5.91 Å². The molecule has 190 valence electrons. The van der Waals surface area contributed by atoms with E-state index >= 15 is 0 Å². The summed E-state index contributed by atoms with van der Waals surface area (Å²) >= 11 is 0. The van der Waals surface area contributed by atoms with Gasteiger partial charge in [0.1, 0.15) is 17.2 Å². The molecule has 0 saturated carbocycles. The molecule has 0 aliphatic carbocycles. The van der Waals surface area contributed by atoms with E-state index in [1.165, 1.54) is 11.8 Å². The molecular weight excluding hydrogens is 470 g/mol. The van der Waals surface area contributed by atoms with Crippen LogP contribution in [0.1, 0.15) is 23.0 Å². The zero-order valence-corrected chi connectivity index (χ0v) is 20.8. The van der Waals surface area contributed by atoms with Crippen LogP contribution in [0.2, 0.25) is 0 Å². The van der Waals surface area contributed by atoms with Gasteiger partial charge in [-0.25, -0.2) is 9.78 Å². The molecule has 0 atom stereocenters. The van der Waals surface area contributed by atoms with Crippen LogP contribution >= 0.6 is 0 Å².